The molecular formula is C11H15NO. The van der Waals surface area contributed by atoms with Gasteiger partial charge in [0.2, 0.25) is 0 Å². The predicted molar refractivity (Wildman–Crippen MR) is 53.8 cm³/mol. The zero-order chi connectivity index (χ0) is 9.10. The molecule has 0 amide bonds. The first-order valence-corrected chi connectivity index (χ1v) is 4.86. The Bertz CT molecular complexity index is 296. The normalized spacial score (nSPS) is 15.8. The first-order valence-electron chi connectivity index (χ1n) is 4.86. The molecule has 0 saturated carbocycles. The van der Waals surface area contributed by atoms with Crippen molar-refractivity contribution in [2.24, 2.45) is 0 Å². The van der Waals surface area contributed by atoms with Crippen LogP contribution in [0.4, 0.5) is 5.69 Å². The third kappa shape index (κ3) is 1.83. The van der Waals surface area contributed by atoms with Crippen molar-refractivity contribution in [3.63, 3.8) is 0 Å². The first-order chi connectivity index (χ1) is 6.40. The van der Waals surface area contributed by atoms with E-state index in [1.54, 1.807) is 0 Å². The number of fused-ring (bicyclic) bond motifs is 1. The molecular weight excluding hydrogens is 162 g/mol. The van der Waals surface area contributed by atoms with Crippen molar-refractivity contribution in [2.45, 2.75) is 25.9 Å². The Morgan fingerprint density at radius 1 is 1.31 bits per heavy atom. The molecule has 0 aliphatic carbocycles. The fourth-order valence-corrected chi connectivity index (χ4v) is 1.79. The average molecular weight is 177 g/mol. The summed E-state index contributed by atoms with van der Waals surface area (Å²) in [6.07, 6.45) is 3.62. The van der Waals surface area contributed by atoms with Crippen LogP contribution in [0, 0.1) is 0 Å². The summed E-state index contributed by atoms with van der Waals surface area (Å²) < 4.78 is 0. The van der Waals surface area contributed by atoms with Gasteiger partial charge in [-0.15, -0.1) is 0 Å². The van der Waals surface area contributed by atoms with Crippen molar-refractivity contribution in [1.82, 2.24) is 0 Å². The van der Waals surface area contributed by atoms with Crippen LogP contribution in [0.25, 0.3) is 0 Å². The van der Waals surface area contributed by atoms with Gasteiger partial charge in [-0.25, -0.2) is 0 Å². The summed E-state index contributed by atoms with van der Waals surface area (Å²) >= 11 is 0. The fraction of sp³-hybridized carbons (Fsp3) is 0.455. The number of aliphatic hydroxyl groups is 1. The van der Waals surface area contributed by atoms with Crippen molar-refractivity contribution in [2.75, 3.05) is 11.9 Å². The predicted octanol–water partition coefficient (Wildman–Crippen LogP) is 1.93. The van der Waals surface area contributed by atoms with E-state index < -0.39 is 0 Å². The highest BCUT2D eigenvalue weighted by Crippen LogP contribution is 2.22. The molecule has 0 spiro atoms. The molecule has 0 fully saturated rings. The number of aryl methyl sites for hydroxylation is 1. The van der Waals surface area contributed by atoms with Gasteiger partial charge in [0.15, 0.2) is 0 Å². The minimum Gasteiger partial charge on any atom is -0.392 e. The Morgan fingerprint density at radius 2 is 2.23 bits per heavy atom. The number of aliphatic hydroxyl groups excluding tert-OH is 1. The lowest BCUT2D eigenvalue weighted by Gasteiger charge is -2.08. The number of rotatable bonds is 1. The van der Waals surface area contributed by atoms with Crippen molar-refractivity contribution < 1.29 is 5.11 Å². The lowest BCUT2D eigenvalue weighted by atomic mass is 10.0. The molecule has 13 heavy (non-hydrogen) atoms. The number of benzene rings is 1. The van der Waals surface area contributed by atoms with Crippen LogP contribution in [0.3, 0.4) is 0 Å². The van der Waals surface area contributed by atoms with Gasteiger partial charge in [-0.2, -0.15) is 0 Å². The smallest absolute Gasteiger partial charge is 0.0681 e. The maximum Gasteiger partial charge on any atom is 0.0681 e. The molecule has 2 nitrogen and oxygen atoms in total. The van der Waals surface area contributed by atoms with Crippen LogP contribution in [-0.4, -0.2) is 11.7 Å². The molecule has 1 aliphatic rings. The first kappa shape index (κ1) is 8.57. The van der Waals surface area contributed by atoms with Gasteiger partial charge >= 0.3 is 0 Å². The highest BCUT2D eigenvalue weighted by atomic mass is 16.3. The van der Waals surface area contributed by atoms with Gasteiger partial charge in [0, 0.05) is 12.2 Å². The molecule has 1 aromatic rings. The number of hydrogen-bond donors (Lipinski definition) is 2. The van der Waals surface area contributed by atoms with Gasteiger partial charge < -0.3 is 10.4 Å². The van der Waals surface area contributed by atoms with Crippen LogP contribution in [0.5, 0.6) is 0 Å². The maximum atomic E-state index is 8.99. The molecule has 0 unspecified atom stereocenters. The average Bonchev–Trinajstić information content (AvgIpc) is 2.41. The van der Waals surface area contributed by atoms with Crippen LogP contribution in [0.2, 0.25) is 0 Å². The maximum absolute atomic E-state index is 8.99. The lowest BCUT2D eigenvalue weighted by molar-refractivity contribution is 0.282. The SMILES string of the molecule is OCc1ccc2c(c1)CCCCN2. The van der Waals surface area contributed by atoms with E-state index in [-0.39, 0.29) is 6.61 Å². The van der Waals surface area contributed by atoms with Crippen LogP contribution < -0.4 is 5.32 Å². The van der Waals surface area contributed by atoms with Crippen molar-refractivity contribution in [3.05, 3.63) is 29.3 Å². The Kier molecular flexibility index (Phi) is 2.50. The van der Waals surface area contributed by atoms with Crippen LogP contribution >= 0.6 is 0 Å². The second-order valence-corrected chi connectivity index (χ2v) is 3.53. The Hall–Kier alpha value is -1.02. The highest BCUT2D eigenvalue weighted by Gasteiger charge is 2.06. The van der Waals surface area contributed by atoms with E-state index in [0.29, 0.717) is 0 Å². The standard InChI is InChI=1S/C11H15NO/c13-8-9-4-5-11-10(7-9)3-1-2-6-12-11/h4-5,7,12-13H,1-3,6,8H2. The van der Waals surface area contributed by atoms with Crippen LogP contribution in [0.1, 0.15) is 24.0 Å². The van der Waals surface area contributed by atoms with E-state index in [1.165, 1.54) is 24.1 Å². The molecule has 1 heterocycles. The summed E-state index contributed by atoms with van der Waals surface area (Å²) in [4.78, 5) is 0. The molecule has 0 aromatic heterocycles. The van der Waals surface area contributed by atoms with Gasteiger partial charge in [0.25, 0.3) is 0 Å². The molecule has 2 rings (SSSR count). The summed E-state index contributed by atoms with van der Waals surface area (Å²) in [7, 11) is 0. The summed E-state index contributed by atoms with van der Waals surface area (Å²) in [5.74, 6) is 0. The molecule has 70 valence electrons. The zero-order valence-electron chi connectivity index (χ0n) is 7.71. The highest BCUT2D eigenvalue weighted by molar-refractivity contribution is 5.53. The number of anilines is 1. The Morgan fingerprint density at radius 3 is 3.08 bits per heavy atom. The molecule has 2 N–H and O–H groups in total. The fourth-order valence-electron chi connectivity index (χ4n) is 1.79. The summed E-state index contributed by atoms with van der Waals surface area (Å²) in [6.45, 7) is 1.22. The summed E-state index contributed by atoms with van der Waals surface area (Å²) in [6, 6.07) is 6.16. The van der Waals surface area contributed by atoms with Gasteiger partial charge in [-0.3, -0.25) is 0 Å². The van der Waals surface area contributed by atoms with Crippen LogP contribution in [-0.2, 0) is 13.0 Å². The van der Waals surface area contributed by atoms with Crippen molar-refractivity contribution >= 4 is 5.69 Å². The van der Waals surface area contributed by atoms with E-state index in [1.807, 2.05) is 6.07 Å². The minimum absolute atomic E-state index is 0.146. The quantitative estimate of drug-likeness (QED) is 0.687. The van der Waals surface area contributed by atoms with Crippen molar-refractivity contribution in [3.8, 4) is 0 Å². The molecule has 2 heteroatoms. The molecule has 1 aliphatic heterocycles. The van der Waals surface area contributed by atoms with E-state index >= 15 is 0 Å². The molecule has 0 radical (unpaired) electrons. The molecule has 0 bridgehead atoms. The third-order valence-electron chi connectivity index (χ3n) is 2.54. The van der Waals surface area contributed by atoms with Gasteiger partial charge in [-0.1, -0.05) is 12.1 Å². The zero-order valence-corrected chi connectivity index (χ0v) is 7.71. The molecule has 0 saturated heterocycles. The number of hydrogen-bond acceptors (Lipinski definition) is 2. The molecule has 1 aromatic carbocycles. The van der Waals surface area contributed by atoms with E-state index in [4.69, 9.17) is 5.11 Å². The van der Waals surface area contributed by atoms with E-state index in [2.05, 4.69) is 17.4 Å². The van der Waals surface area contributed by atoms with E-state index in [0.717, 1.165) is 18.5 Å². The van der Waals surface area contributed by atoms with E-state index in [9.17, 15) is 0 Å². The van der Waals surface area contributed by atoms with Gasteiger partial charge in [0.05, 0.1) is 6.61 Å². The Labute approximate surface area is 78.6 Å². The molecule has 0 atom stereocenters. The Balaban J connectivity index is 2.32. The summed E-state index contributed by atoms with van der Waals surface area (Å²) in [5.41, 5.74) is 3.61. The second-order valence-electron chi connectivity index (χ2n) is 3.53. The monoisotopic (exact) mass is 177 g/mol. The van der Waals surface area contributed by atoms with Crippen molar-refractivity contribution in [1.29, 1.82) is 0 Å². The summed E-state index contributed by atoms with van der Waals surface area (Å²) in [5, 5.41) is 12.4. The van der Waals surface area contributed by atoms with Gasteiger partial charge in [-0.05, 0) is 36.5 Å². The largest absolute Gasteiger partial charge is 0.392 e. The topological polar surface area (TPSA) is 32.3 Å². The lowest BCUT2D eigenvalue weighted by Crippen LogP contribution is -1.99. The third-order valence-corrected chi connectivity index (χ3v) is 2.54. The van der Waals surface area contributed by atoms with Gasteiger partial charge in [0.1, 0.15) is 0 Å². The number of nitrogens with one attached hydrogen (secondary N) is 1. The minimum atomic E-state index is 0.146. The second kappa shape index (κ2) is 3.79. The van der Waals surface area contributed by atoms with Crippen LogP contribution in [0.15, 0.2) is 18.2 Å².